The Morgan fingerprint density at radius 2 is 2.24 bits per heavy atom. The fraction of sp³-hybridized carbons (Fsp3) is 0.353. The summed E-state index contributed by atoms with van der Waals surface area (Å²) < 4.78 is 7.37. The second-order valence-corrected chi connectivity index (χ2v) is 6.93. The molecule has 0 saturated carbocycles. The molecule has 0 bridgehead atoms. The van der Waals surface area contributed by atoms with E-state index < -0.39 is 0 Å². The Kier molecular flexibility index (Phi) is 5.30. The summed E-state index contributed by atoms with van der Waals surface area (Å²) in [6.45, 7) is 3.56. The molecule has 0 aliphatic rings. The van der Waals surface area contributed by atoms with Gasteiger partial charge in [-0.1, -0.05) is 0 Å². The molecule has 1 N–H and O–H groups in total. The zero-order valence-electron chi connectivity index (χ0n) is 14.5. The van der Waals surface area contributed by atoms with Crippen LogP contribution in [0, 0.1) is 6.92 Å². The van der Waals surface area contributed by atoms with Crippen LogP contribution in [0.5, 0.6) is 0 Å². The molecule has 8 heteroatoms. The number of carbonyl (C=O) groups excluding carboxylic acids is 1. The van der Waals surface area contributed by atoms with E-state index in [0.29, 0.717) is 5.69 Å². The van der Waals surface area contributed by atoms with Gasteiger partial charge in [0.05, 0.1) is 30.5 Å². The van der Waals surface area contributed by atoms with Crippen LogP contribution in [-0.2, 0) is 17.8 Å². The summed E-state index contributed by atoms with van der Waals surface area (Å²) in [7, 11) is 4.02. The van der Waals surface area contributed by atoms with Gasteiger partial charge >= 0.3 is 0 Å². The van der Waals surface area contributed by atoms with Gasteiger partial charge in [-0.2, -0.15) is 5.10 Å². The fourth-order valence-electron chi connectivity index (χ4n) is 2.27. The maximum absolute atomic E-state index is 12.2. The summed E-state index contributed by atoms with van der Waals surface area (Å²) in [6, 6.07) is 3.79. The highest BCUT2D eigenvalue weighted by molar-refractivity contribution is 7.13. The maximum Gasteiger partial charge on any atom is 0.230 e. The number of nitrogens with zero attached hydrogens (tertiary/aromatic N) is 4. The standard InChI is InChI=1S/C17H21N5O2S/c1-12-4-5-15(24-12)17-20-13(11-25-17)8-16(23)19-14-9-18-22(10-14)7-6-21(2)3/h4-5,9-11H,6-8H2,1-3H3,(H,19,23). The molecule has 0 fully saturated rings. The molecule has 0 aliphatic heterocycles. The van der Waals surface area contributed by atoms with Gasteiger partial charge < -0.3 is 14.6 Å². The lowest BCUT2D eigenvalue weighted by molar-refractivity contribution is -0.115. The van der Waals surface area contributed by atoms with Gasteiger partial charge in [-0.15, -0.1) is 11.3 Å². The minimum Gasteiger partial charge on any atom is -0.459 e. The second kappa shape index (κ2) is 7.62. The number of hydrogen-bond acceptors (Lipinski definition) is 6. The molecule has 0 aromatic carbocycles. The van der Waals surface area contributed by atoms with E-state index in [1.807, 2.05) is 49.4 Å². The van der Waals surface area contributed by atoms with Crippen molar-refractivity contribution in [3.63, 3.8) is 0 Å². The van der Waals surface area contributed by atoms with Crippen LogP contribution in [0.4, 0.5) is 5.69 Å². The predicted molar refractivity (Wildman–Crippen MR) is 97.7 cm³/mol. The average Bonchev–Trinajstić information content (AvgIpc) is 3.26. The van der Waals surface area contributed by atoms with Gasteiger partial charge in [-0.3, -0.25) is 9.48 Å². The number of furan rings is 1. The van der Waals surface area contributed by atoms with Gasteiger partial charge in [0.2, 0.25) is 5.91 Å². The Balaban J connectivity index is 1.55. The van der Waals surface area contributed by atoms with Crippen LogP contribution in [0.15, 0.2) is 34.3 Å². The highest BCUT2D eigenvalue weighted by Crippen LogP contribution is 2.25. The van der Waals surface area contributed by atoms with Gasteiger partial charge in [0.25, 0.3) is 0 Å². The van der Waals surface area contributed by atoms with Crippen LogP contribution in [0.25, 0.3) is 10.8 Å². The monoisotopic (exact) mass is 359 g/mol. The molecule has 0 saturated heterocycles. The Morgan fingerprint density at radius 3 is 2.96 bits per heavy atom. The van der Waals surface area contributed by atoms with Crippen molar-refractivity contribution < 1.29 is 9.21 Å². The first-order chi connectivity index (χ1) is 12.0. The van der Waals surface area contributed by atoms with Crippen LogP contribution in [-0.4, -0.2) is 46.2 Å². The molecule has 0 spiro atoms. The third kappa shape index (κ3) is 4.77. The number of amides is 1. The van der Waals surface area contributed by atoms with Crippen molar-refractivity contribution in [2.75, 3.05) is 26.0 Å². The van der Waals surface area contributed by atoms with E-state index in [9.17, 15) is 4.79 Å². The molecule has 0 aliphatic carbocycles. The lowest BCUT2D eigenvalue weighted by atomic mass is 10.3. The highest BCUT2D eigenvalue weighted by atomic mass is 32.1. The molecule has 25 heavy (non-hydrogen) atoms. The summed E-state index contributed by atoms with van der Waals surface area (Å²) in [6.07, 6.45) is 3.71. The molecule has 7 nitrogen and oxygen atoms in total. The fourth-order valence-corrected chi connectivity index (χ4v) is 3.05. The van der Waals surface area contributed by atoms with E-state index in [-0.39, 0.29) is 12.3 Å². The number of hydrogen-bond donors (Lipinski definition) is 1. The van der Waals surface area contributed by atoms with Crippen LogP contribution in [0.2, 0.25) is 0 Å². The van der Waals surface area contributed by atoms with Crippen molar-refractivity contribution in [1.29, 1.82) is 0 Å². The van der Waals surface area contributed by atoms with Crippen molar-refractivity contribution in [2.24, 2.45) is 0 Å². The van der Waals surface area contributed by atoms with Crippen molar-refractivity contribution in [3.8, 4) is 10.8 Å². The zero-order chi connectivity index (χ0) is 17.8. The third-order valence-corrected chi connectivity index (χ3v) is 4.44. The molecule has 3 heterocycles. The van der Waals surface area contributed by atoms with E-state index in [1.54, 1.807) is 6.20 Å². The molecule has 0 unspecified atom stereocenters. The number of carbonyl (C=O) groups is 1. The number of anilines is 1. The molecule has 132 valence electrons. The summed E-state index contributed by atoms with van der Waals surface area (Å²) in [5.41, 5.74) is 1.42. The first-order valence-electron chi connectivity index (χ1n) is 7.98. The van der Waals surface area contributed by atoms with Gasteiger partial charge in [-0.05, 0) is 33.2 Å². The second-order valence-electron chi connectivity index (χ2n) is 6.07. The van der Waals surface area contributed by atoms with Crippen molar-refractivity contribution in [2.45, 2.75) is 19.9 Å². The van der Waals surface area contributed by atoms with Crippen molar-refractivity contribution in [3.05, 3.63) is 41.4 Å². The Bertz CT molecular complexity index is 849. The van der Waals surface area contributed by atoms with E-state index in [4.69, 9.17) is 4.42 Å². The molecule has 3 aromatic rings. The smallest absolute Gasteiger partial charge is 0.230 e. The third-order valence-electron chi connectivity index (χ3n) is 3.54. The lowest BCUT2D eigenvalue weighted by Gasteiger charge is -2.08. The molecular weight excluding hydrogens is 338 g/mol. The van der Waals surface area contributed by atoms with E-state index >= 15 is 0 Å². The average molecular weight is 359 g/mol. The van der Waals surface area contributed by atoms with Crippen molar-refractivity contribution >= 4 is 22.9 Å². The molecular formula is C17H21N5O2S. The maximum atomic E-state index is 12.2. The molecule has 0 radical (unpaired) electrons. The summed E-state index contributed by atoms with van der Waals surface area (Å²) >= 11 is 1.47. The largest absolute Gasteiger partial charge is 0.459 e. The van der Waals surface area contributed by atoms with E-state index in [1.165, 1.54) is 11.3 Å². The van der Waals surface area contributed by atoms with E-state index in [0.717, 1.165) is 35.3 Å². The van der Waals surface area contributed by atoms with Gasteiger partial charge in [0.1, 0.15) is 5.76 Å². The lowest BCUT2D eigenvalue weighted by Crippen LogP contribution is -2.18. The van der Waals surface area contributed by atoms with Crippen LogP contribution >= 0.6 is 11.3 Å². The van der Waals surface area contributed by atoms with Crippen LogP contribution in [0.1, 0.15) is 11.5 Å². The number of thiazole rings is 1. The number of rotatable bonds is 7. The summed E-state index contributed by atoms with van der Waals surface area (Å²) in [5, 5.41) is 9.77. The minimum absolute atomic E-state index is 0.111. The number of likely N-dealkylation sites (N-methyl/N-ethyl adjacent to an activating group) is 1. The van der Waals surface area contributed by atoms with Gasteiger partial charge in [-0.25, -0.2) is 4.98 Å². The summed E-state index contributed by atoms with van der Waals surface area (Å²) in [4.78, 5) is 18.7. The topological polar surface area (TPSA) is 76.2 Å². The SMILES string of the molecule is Cc1ccc(-c2nc(CC(=O)Nc3cnn(CCN(C)C)c3)cs2)o1. The zero-order valence-corrected chi connectivity index (χ0v) is 15.3. The molecule has 3 aromatic heterocycles. The Morgan fingerprint density at radius 1 is 1.40 bits per heavy atom. The molecule has 1 amide bonds. The number of nitrogens with one attached hydrogen (secondary N) is 1. The Hall–Kier alpha value is -2.45. The quantitative estimate of drug-likeness (QED) is 0.702. The first kappa shape index (κ1) is 17.4. The number of aromatic nitrogens is 3. The van der Waals surface area contributed by atoms with E-state index in [2.05, 4.69) is 20.3 Å². The van der Waals surface area contributed by atoms with Crippen LogP contribution < -0.4 is 5.32 Å². The molecule has 3 rings (SSSR count). The predicted octanol–water partition coefficient (Wildman–Crippen LogP) is 2.65. The van der Waals surface area contributed by atoms with Crippen molar-refractivity contribution in [1.82, 2.24) is 19.7 Å². The highest BCUT2D eigenvalue weighted by Gasteiger charge is 2.12. The molecule has 0 atom stereocenters. The Labute approximate surface area is 150 Å². The summed E-state index contributed by atoms with van der Waals surface area (Å²) in [5.74, 6) is 1.46. The normalized spacial score (nSPS) is 11.2. The van der Waals surface area contributed by atoms with Crippen LogP contribution in [0.3, 0.4) is 0 Å². The minimum atomic E-state index is -0.111. The van der Waals surface area contributed by atoms with Gasteiger partial charge in [0.15, 0.2) is 10.8 Å². The number of aryl methyl sites for hydroxylation is 1. The van der Waals surface area contributed by atoms with Gasteiger partial charge in [0, 0.05) is 18.1 Å². The first-order valence-corrected chi connectivity index (χ1v) is 8.86.